The zero-order valence-electron chi connectivity index (χ0n) is 18.3. The molecule has 0 N–H and O–H groups in total. The number of ether oxygens (including phenoxy) is 1. The molecule has 1 amide bonds. The second-order valence-electron chi connectivity index (χ2n) is 8.05. The van der Waals surface area contributed by atoms with Crippen LogP contribution in [0.1, 0.15) is 35.2 Å². The molecule has 0 aliphatic carbocycles. The predicted octanol–water partition coefficient (Wildman–Crippen LogP) is 5.07. The summed E-state index contributed by atoms with van der Waals surface area (Å²) in [5, 5.41) is 9.56. The van der Waals surface area contributed by atoms with E-state index in [4.69, 9.17) is 14.1 Å². The van der Waals surface area contributed by atoms with Gasteiger partial charge in [-0.2, -0.15) is 0 Å². The third kappa shape index (κ3) is 5.36. The standard InChI is InChI=1S/C24H24N4O3S2/c1-16-6-4-8-18(12-16)30-14-21-26-27-24(31-21)32-15-22(29)28-11-5-7-17(13-28)23-25-19-9-2-3-10-20(19)33-23/h2-4,6,8-10,12,17H,5,7,11,13-15H2,1H3/t17-/m0/s1. The molecule has 1 aliphatic rings. The normalized spacial score (nSPS) is 16.3. The molecule has 0 spiro atoms. The zero-order chi connectivity index (χ0) is 22.6. The number of benzene rings is 2. The summed E-state index contributed by atoms with van der Waals surface area (Å²) < 4.78 is 12.5. The van der Waals surface area contributed by atoms with Crippen LogP contribution >= 0.6 is 23.1 Å². The van der Waals surface area contributed by atoms with Crippen LogP contribution in [0, 0.1) is 6.92 Å². The Morgan fingerprint density at radius 2 is 2.15 bits per heavy atom. The van der Waals surface area contributed by atoms with E-state index in [2.05, 4.69) is 16.3 Å². The summed E-state index contributed by atoms with van der Waals surface area (Å²) in [4.78, 5) is 19.6. The number of amides is 1. The molecule has 1 atom stereocenters. The molecule has 1 aliphatic heterocycles. The molecular weight excluding hydrogens is 456 g/mol. The second-order valence-corrected chi connectivity index (χ2v) is 10.0. The SMILES string of the molecule is Cc1cccc(OCc2nnc(SCC(=O)N3CCC[C@H](c4nc5ccccc5s4)C3)o2)c1. The van der Waals surface area contributed by atoms with Crippen molar-refractivity contribution < 1.29 is 13.9 Å². The Labute approximate surface area is 200 Å². The predicted molar refractivity (Wildman–Crippen MR) is 129 cm³/mol. The number of aryl methyl sites for hydroxylation is 1. The van der Waals surface area contributed by atoms with E-state index in [1.807, 2.05) is 54.3 Å². The number of carbonyl (C=O) groups excluding carboxylic acids is 1. The fourth-order valence-electron chi connectivity index (χ4n) is 3.89. The Bertz CT molecular complexity index is 1220. The number of likely N-dealkylation sites (tertiary alicyclic amines) is 1. The quantitative estimate of drug-likeness (QED) is 0.342. The monoisotopic (exact) mass is 480 g/mol. The number of carbonyl (C=O) groups is 1. The molecule has 3 heterocycles. The van der Waals surface area contributed by atoms with Crippen molar-refractivity contribution in [3.63, 3.8) is 0 Å². The number of rotatable bonds is 7. The van der Waals surface area contributed by atoms with E-state index in [9.17, 15) is 4.79 Å². The van der Waals surface area contributed by atoms with E-state index in [-0.39, 0.29) is 18.3 Å². The van der Waals surface area contributed by atoms with E-state index in [1.165, 1.54) is 16.5 Å². The Morgan fingerprint density at radius 1 is 1.24 bits per heavy atom. The molecule has 1 saturated heterocycles. The van der Waals surface area contributed by atoms with Crippen molar-refractivity contribution in [2.24, 2.45) is 0 Å². The van der Waals surface area contributed by atoms with Gasteiger partial charge in [-0.1, -0.05) is 36.0 Å². The van der Waals surface area contributed by atoms with Gasteiger partial charge in [0.15, 0.2) is 6.61 Å². The van der Waals surface area contributed by atoms with Crippen molar-refractivity contribution in [2.45, 2.75) is 37.5 Å². The first-order chi connectivity index (χ1) is 16.1. The van der Waals surface area contributed by atoms with Gasteiger partial charge in [0.1, 0.15) is 5.75 Å². The zero-order valence-corrected chi connectivity index (χ0v) is 19.9. The van der Waals surface area contributed by atoms with Gasteiger partial charge in [-0.15, -0.1) is 21.5 Å². The number of thiazole rings is 1. The minimum Gasteiger partial charge on any atom is -0.484 e. The van der Waals surface area contributed by atoms with Crippen molar-refractivity contribution >= 4 is 39.2 Å². The molecule has 7 nitrogen and oxygen atoms in total. The number of hydrogen-bond acceptors (Lipinski definition) is 8. The summed E-state index contributed by atoms with van der Waals surface area (Å²) in [6.45, 7) is 3.69. The smallest absolute Gasteiger partial charge is 0.277 e. The van der Waals surface area contributed by atoms with Gasteiger partial charge in [-0.3, -0.25) is 4.79 Å². The van der Waals surface area contributed by atoms with Gasteiger partial charge in [0.25, 0.3) is 11.1 Å². The van der Waals surface area contributed by atoms with E-state index in [0.29, 0.717) is 23.6 Å². The van der Waals surface area contributed by atoms with Gasteiger partial charge >= 0.3 is 0 Å². The Morgan fingerprint density at radius 3 is 3.03 bits per heavy atom. The molecule has 33 heavy (non-hydrogen) atoms. The molecule has 170 valence electrons. The molecule has 0 bridgehead atoms. The van der Waals surface area contributed by atoms with E-state index >= 15 is 0 Å². The summed E-state index contributed by atoms with van der Waals surface area (Å²) in [6, 6.07) is 16.0. The van der Waals surface area contributed by atoms with Gasteiger partial charge in [-0.05, 0) is 49.6 Å². The van der Waals surface area contributed by atoms with Gasteiger partial charge in [0.2, 0.25) is 5.91 Å². The third-order valence-corrected chi connectivity index (χ3v) is 7.56. The van der Waals surface area contributed by atoms with Crippen LogP contribution < -0.4 is 4.74 Å². The first kappa shape index (κ1) is 21.9. The number of para-hydroxylation sites is 1. The topological polar surface area (TPSA) is 81.4 Å². The molecule has 5 rings (SSSR count). The average molecular weight is 481 g/mol. The maximum atomic E-state index is 12.8. The number of fused-ring (bicyclic) bond motifs is 1. The highest BCUT2D eigenvalue weighted by atomic mass is 32.2. The summed E-state index contributed by atoms with van der Waals surface area (Å²) in [5.74, 6) is 1.79. The van der Waals surface area contributed by atoms with E-state index < -0.39 is 0 Å². The van der Waals surface area contributed by atoms with Gasteiger partial charge < -0.3 is 14.1 Å². The largest absolute Gasteiger partial charge is 0.484 e. The van der Waals surface area contributed by atoms with Crippen LogP contribution in [0.4, 0.5) is 0 Å². The lowest BCUT2D eigenvalue weighted by Gasteiger charge is -2.31. The lowest BCUT2D eigenvalue weighted by molar-refractivity contribution is -0.129. The lowest BCUT2D eigenvalue weighted by Crippen LogP contribution is -2.40. The van der Waals surface area contributed by atoms with Crippen molar-refractivity contribution in [2.75, 3.05) is 18.8 Å². The summed E-state index contributed by atoms with van der Waals surface area (Å²) in [6.07, 6.45) is 2.04. The number of nitrogens with zero attached hydrogens (tertiary/aromatic N) is 4. The van der Waals surface area contributed by atoms with Crippen LogP contribution in [-0.2, 0) is 11.4 Å². The molecule has 2 aromatic carbocycles. The highest BCUT2D eigenvalue weighted by molar-refractivity contribution is 7.99. The number of piperidine rings is 1. The fourth-order valence-corrected chi connectivity index (χ4v) is 5.67. The van der Waals surface area contributed by atoms with Crippen LogP contribution in [0.2, 0.25) is 0 Å². The van der Waals surface area contributed by atoms with Gasteiger partial charge in [0.05, 0.1) is 21.0 Å². The minimum absolute atomic E-state index is 0.0848. The Hall–Kier alpha value is -2.91. The van der Waals surface area contributed by atoms with Crippen LogP contribution in [0.25, 0.3) is 10.2 Å². The molecule has 2 aromatic heterocycles. The van der Waals surface area contributed by atoms with Crippen molar-refractivity contribution in [1.82, 2.24) is 20.1 Å². The summed E-state index contributed by atoms with van der Waals surface area (Å²) in [5.41, 5.74) is 2.16. The first-order valence-electron chi connectivity index (χ1n) is 10.9. The van der Waals surface area contributed by atoms with Gasteiger partial charge in [0, 0.05) is 19.0 Å². The van der Waals surface area contributed by atoms with Gasteiger partial charge in [-0.25, -0.2) is 4.98 Å². The number of thioether (sulfide) groups is 1. The molecule has 0 radical (unpaired) electrons. The van der Waals surface area contributed by atoms with Crippen LogP contribution in [0.15, 0.2) is 58.2 Å². The molecule has 0 saturated carbocycles. The lowest BCUT2D eigenvalue weighted by atomic mass is 9.99. The molecular formula is C24H24N4O3S2. The van der Waals surface area contributed by atoms with Crippen LogP contribution in [-0.4, -0.2) is 44.8 Å². The molecule has 4 aromatic rings. The highest BCUT2D eigenvalue weighted by Crippen LogP contribution is 2.33. The maximum Gasteiger partial charge on any atom is 0.277 e. The Kier molecular flexibility index (Phi) is 6.59. The van der Waals surface area contributed by atoms with Crippen LogP contribution in [0.3, 0.4) is 0 Å². The molecule has 0 unspecified atom stereocenters. The number of hydrogen-bond donors (Lipinski definition) is 0. The summed E-state index contributed by atoms with van der Waals surface area (Å²) >= 11 is 3.00. The fraction of sp³-hybridized carbons (Fsp3) is 0.333. The average Bonchev–Trinajstić information content (AvgIpc) is 3.48. The molecule has 1 fully saturated rings. The van der Waals surface area contributed by atoms with Crippen molar-refractivity contribution in [3.05, 3.63) is 65.0 Å². The highest BCUT2D eigenvalue weighted by Gasteiger charge is 2.27. The summed E-state index contributed by atoms with van der Waals surface area (Å²) in [7, 11) is 0. The first-order valence-corrected chi connectivity index (χ1v) is 12.7. The van der Waals surface area contributed by atoms with E-state index in [1.54, 1.807) is 11.3 Å². The maximum absolute atomic E-state index is 12.8. The minimum atomic E-state index is 0.0848. The van der Waals surface area contributed by atoms with Crippen molar-refractivity contribution in [1.29, 1.82) is 0 Å². The van der Waals surface area contributed by atoms with Crippen molar-refractivity contribution in [3.8, 4) is 5.75 Å². The van der Waals surface area contributed by atoms with E-state index in [0.717, 1.165) is 41.2 Å². The number of aromatic nitrogens is 3. The Balaban J connectivity index is 1.13. The van der Waals surface area contributed by atoms with Crippen LogP contribution in [0.5, 0.6) is 5.75 Å². The third-order valence-electron chi connectivity index (χ3n) is 5.55. The molecule has 9 heteroatoms. The second kappa shape index (κ2) is 9.93.